The molecule has 0 aliphatic heterocycles. The van der Waals surface area contributed by atoms with Crippen LogP contribution in [0.4, 0.5) is 5.69 Å². The number of carbonyl (C=O) groups is 2. The molecule has 0 radical (unpaired) electrons. The van der Waals surface area contributed by atoms with Gasteiger partial charge in [-0.25, -0.2) is 4.31 Å². The van der Waals surface area contributed by atoms with Crippen LogP contribution in [-0.4, -0.2) is 62.2 Å². The lowest BCUT2D eigenvalue weighted by atomic mass is 10.1. The van der Waals surface area contributed by atoms with Gasteiger partial charge in [0.2, 0.25) is 11.8 Å². The summed E-state index contributed by atoms with van der Waals surface area (Å²) in [5.41, 5.74) is 3.96. The van der Waals surface area contributed by atoms with Crippen LogP contribution in [0.3, 0.4) is 0 Å². The minimum atomic E-state index is -3.98. The zero-order valence-electron chi connectivity index (χ0n) is 22.0. The van der Waals surface area contributed by atoms with Crippen LogP contribution in [0.1, 0.15) is 43.0 Å². The summed E-state index contributed by atoms with van der Waals surface area (Å²) in [6.45, 7) is 10.7. The molecule has 0 aromatic heterocycles. The second-order valence-electron chi connectivity index (χ2n) is 9.43. The molecule has 2 aromatic rings. The van der Waals surface area contributed by atoms with E-state index < -0.39 is 28.7 Å². The lowest BCUT2D eigenvalue weighted by molar-refractivity contribution is -0.139. The predicted octanol–water partition coefficient (Wildman–Crippen LogP) is 3.17. The third-order valence-corrected chi connectivity index (χ3v) is 7.53. The van der Waals surface area contributed by atoms with Crippen molar-refractivity contribution in [2.24, 2.45) is 0 Å². The first-order chi connectivity index (χ1) is 16.2. The first-order valence-corrected chi connectivity index (χ1v) is 13.1. The van der Waals surface area contributed by atoms with E-state index in [9.17, 15) is 18.0 Å². The standard InChI is InChI=1S/C26H38N4O4S/c1-18(2)27-26(32)22(6)29(16-23-13-10-19(3)11-14-23)25(31)17-30(35(33,34)28(7)8)24-15-20(4)9-12-21(24)5/h9-15,18,22H,16-17H2,1-8H3,(H,27,32)/t22-/m1/s1. The molecule has 0 bridgehead atoms. The molecule has 0 unspecified atom stereocenters. The monoisotopic (exact) mass is 502 g/mol. The van der Waals surface area contributed by atoms with Crippen molar-refractivity contribution in [3.8, 4) is 0 Å². The van der Waals surface area contributed by atoms with E-state index in [-0.39, 0.29) is 18.5 Å². The topological polar surface area (TPSA) is 90.0 Å². The molecule has 0 spiro atoms. The highest BCUT2D eigenvalue weighted by molar-refractivity contribution is 7.90. The van der Waals surface area contributed by atoms with Crippen molar-refractivity contribution >= 4 is 27.7 Å². The number of anilines is 1. The zero-order chi connectivity index (χ0) is 26.5. The first-order valence-electron chi connectivity index (χ1n) is 11.7. The fourth-order valence-electron chi connectivity index (χ4n) is 3.57. The third-order valence-electron chi connectivity index (χ3n) is 5.72. The third kappa shape index (κ3) is 7.29. The van der Waals surface area contributed by atoms with Gasteiger partial charge in [0.05, 0.1) is 5.69 Å². The largest absolute Gasteiger partial charge is 0.352 e. The van der Waals surface area contributed by atoms with E-state index in [2.05, 4.69) is 5.32 Å². The van der Waals surface area contributed by atoms with Crippen molar-refractivity contribution in [3.63, 3.8) is 0 Å². The van der Waals surface area contributed by atoms with Crippen molar-refractivity contribution in [1.82, 2.24) is 14.5 Å². The van der Waals surface area contributed by atoms with E-state index in [0.29, 0.717) is 5.69 Å². The molecule has 0 aliphatic carbocycles. The van der Waals surface area contributed by atoms with Crippen molar-refractivity contribution in [1.29, 1.82) is 0 Å². The normalized spacial score (nSPS) is 12.5. The van der Waals surface area contributed by atoms with Crippen LogP contribution >= 0.6 is 0 Å². The second kappa shape index (κ2) is 11.7. The van der Waals surface area contributed by atoms with E-state index in [1.807, 2.05) is 64.1 Å². The highest BCUT2D eigenvalue weighted by Crippen LogP contribution is 2.26. The van der Waals surface area contributed by atoms with Gasteiger partial charge in [0.15, 0.2) is 0 Å². The number of benzene rings is 2. The Morgan fingerprint density at radius 2 is 1.49 bits per heavy atom. The summed E-state index contributed by atoms with van der Waals surface area (Å²) in [5.74, 6) is -0.766. The fraction of sp³-hybridized carbons (Fsp3) is 0.462. The average molecular weight is 503 g/mol. The van der Waals surface area contributed by atoms with Crippen LogP contribution in [0.25, 0.3) is 0 Å². The Morgan fingerprint density at radius 1 is 0.914 bits per heavy atom. The molecule has 1 atom stereocenters. The molecule has 2 rings (SSSR count). The molecule has 0 heterocycles. The zero-order valence-corrected chi connectivity index (χ0v) is 22.8. The van der Waals surface area contributed by atoms with Gasteiger partial charge in [-0.1, -0.05) is 42.0 Å². The molecule has 2 amide bonds. The van der Waals surface area contributed by atoms with Gasteiger partial charge in [0.1, 0.15) is 12.6 Å². The Bertz CT molecular complexity index is 1140. The molecule has 0 saturated carbocycles. The van der Waals surface area contributed by atoms with Crippen molar-refractivity contribution in [3.05, 3.63) is 64.7 Å². The minimum Gasteiger partial charge on any atom is -0.352 e. The maximum Gasteiger partial charge on any atom is 0.304 e. The minimum absolute atomic E-state index is 0.0955. The van der Waals surface area contributed by atoms with Crippen LogP contribution in [-0.2, 0) is 26.3 Å². The van der Waals surface area contributed by atoms with Crippen molar-refractivity contribution < 1.29 is 18.0 Å². The number of rotatable bonds is 10. The molecular formula is C26H38N4O4S. The Kier molecular flexibility index (Phi) is 9.45. The molecular weight excluding hydrogens is 464 g/mol. The first kappa shape index (κ1) is 28.3. The van der Waals surface area contributed by atoms with E-state index in [4.69, 9.17) is 0 Å². The average Bonchev–Trinajstić information content (AvgIpc) is 2.77. The lowest BCUT2D eigenvalue weighted by Gasteiger charge is -2.33. The van der Waals surface area contributed by atoms with Crippen LogP contribution in [0.5, 0.6) is 0 Å². The number of aryl methyl sites for hydroxylation is 3. The molecule has 1 N–H and O–H groups in total. The maximum atomic E-state index is 13.7. The van der Waals surface area contributed by atoms with Gasteiger partial charge >= 0.3 is 10.2 Å². The second-order valence-corrected chi connectivity index (χ2v) is 11.5. The van der Waals surface area contributed by atoms with Gasteiger partial charge in [0.25, 0.3) is 0 Å². The van der Waals surface area contributed by atoms with Crippen molar-refractivity contribution in [2.45, 2.75) is 60.2 Å². The SMILES string of the molecule is Cc1ccc(CN(C(=O)CN(c2cc(C)ccc2C)S(=O)(=O)N(C)C)[C@H](C)C(=O)NC(C)C)cc1. The summed E-state index contributed by atoms with van der Waals surface area (Å²) in [4.78, 5) is 28.0. The molecule has 192 valence electrons. The van der Waals surface area contributed by atoms with E-state index in [1.165, 1.54) is 19.0 Å². The Labute approximate surface area is 210 Å². The molecule has 8 nitrogen and oxygen atoms in total. The number of carbonyl (C=O) groups excluding carboxylic acids is 2. The summed E-state index contributed by atoms with van der Waals surface area (Å²) >= 11 is 0. The number of amides is 2. The molecule has 9 heteroatoms. The molecule has 2 aromatic carbocycles. The van der Waals surface area contributed by atoms with E-state index in [0.717, 1.165) is 30.9 Å². The van der Waals surface area contributed by atoms with Crippen molar-refractivity contribution in [2.75, 3.05) is 24.9 Å². The van der Waals surface area contributed by atoms with Gasteiger partial charge in [-0.15, -0.1) is 0 Å². The fourth-order valence-corrected chi connectivity index (χ4v) is 4.68. The molecule has 0 saturated heterocycles. The molecule has 0 aliphatic rings. The summed E-state index contributed by atoms with van der Waals surface area (Å²) in [5, 5.41) is 2.85. The van der Waals surface area contributed by atoms with Gasteiger partial charge in [-0.2, -0.15) is 12.7 Å². The Balaban J connectivity index is 2.50. The maximum absolute atomic E-state index is 13.7. The summed E-state index contributed by atoms with van der Waals surface area (Å²) in [6, 6.07) is 12.3. The van der Waals surface area contributed by atoms with Gasteiger partial charge < -0.3 is 10.2 Å². The molecule has 0 fully saturated rings. The van der Waals surface area contributed by atoms with Gasteiger partial charge in [-0.3, -0.25) is 9.59 Å². The summed E-state index contributed by atoms with van der Waals surface area (Å²) < 4.78 is 28.8. The summed E-state index contributed by atoms with van der Waals surface area (Å²) in [6.07, 6.45) is 0. The van der Waals surface area contributed by atoms with Crippen LogP contribution in [0, 0.1) is 20.8 Å². The predicted molar refractivity (Wildman–Crippen MR) is 140 cm³/mol. The number of nitrogens with zero attached hydrogens (tertiary/aromatic N) is 3. The number of hydrogen-bond donors (Lipinski definition) is 1. The smallest absolute Gasteiger partial charge is 0.304 e. The van der Waals surface area contributed by atoms with Crippen LogP contribution in [0.15, 0.2) is 42.5 Å². The Hall–Kier alpha value is -2.91. The number of hydrogen-bond acceptors (Lipinski definition) is 4. The van der Waals surface area contributed by atoms with E-state index >= 15 is 0 Å². The van der Waals surface area contributed by atoms with E-state index in [1.54, 1.807) is 19.9 Å². The van der Waals surface area contributed by atoms with Gasteiger partial charge in [0, 0.05) is 26.7 Å². The lowest BCUT2D eigenvalue weighted by Crippen LogP contribution is -2.53. The van der Waals surface area contributed by atoms with Gasteiger partial charge in [-0.05, 0) is 64.3 Å². The van der Waals surface area contributed by atoms with Crippen LogP contribution in [0.2, 0.25) is 0 Å². The highest BCUT2D eigenvalue weighted by Gasteiger charge is 2.33. The number of nitrogens with one attached hydrogen (secondary N) is 1. The molecule has 35 heavy (non-hydrogen) atoms. The summed E-state index contributed by atoms with van der Waals surface area (Å²) in [7, 11) is -1.12. The Morgan fingerprint density at radius 3 is 2.03 bits per heavy atom. The van der Waals surface area contributed by atoms with Crippen LogP contribution < -0.4 is 9.62 Å². The quantitative estimate of drug-likeness (QED) is 0.540. The highest BCUT2D eigenvalue weighted by atomic mass is 32.2.